The fourth-order valence-electron chi connectivity index (χ4n) is 3.63. The summed E-state index contributed by atoms with van der Waals surface area (Å²) in [7, 11) is 0. The molecule has 8 heteroatoms. The van der Waals surface area contributed by atoms with E-state index in [1.165, 1.54) is 23.4 Å². The lowest BCUT2D eigenvalue weighted by Gasteiger charge is -2.34. The topological polar surface area (TPSA) is 63.9 Å². The number of tetrazole rings is 1. The quantitative estimate of drug-likeness (QED) is 0.631. The van der Waals surface area contributed by atoms with E-state index in [1.54, 1.807) is 23.5 Å². The fourth-order valence-corrected chi connectivity index (χ4v) is 4.26. The van der Waals surface area contributed by atoms with E-state index in [-0.39, 0.29) is 24.3 Å². The van der Waals surface area contributed by atoms with Gasteiger partial charge in [0.05, 0.1) is 0 Å². The van der Waals surface area contributed by atoms with Crippen LogP contribution in [0.25, 0.3) is 11.4 Å². The molecule has 1 amide bonds. The number of thiophene rings is 1. The average Bonchev–Trinajstić information content (AvgIpc) is 3.40. The summed E-state index contributed by atoms with van der Waals surface area (Å²) in [4.78, 5) is 16.4. The lowest BCUT2D eigenvalue weighted by Crippen LogP contribution is -2.42. The molecular weight excluding hydrogens is 377 g/mol. The number of hydrogen-bond acceptors (Lipinski definition) is 5. The van der Waals surface area contributed by atoms with Gasteiger partial charge in [-0.25, -0.2) is 4.39 Å². The zero-order chi connectivity index (χ0) is 19.3. The van der Waals surface area contributed by atoms with E-state index in [0.717, 1.165) is 36.8 Å². The van der Waals surface area contributed by atoms with Gasteiger partial charge in [0.1, 0.15) is 12.4 Å². The Kier molecular flexibility index (Phi) is 5.76. The van der Waals surface area contributed by atoms with Crippen molar-refractivity contribution in [3.8, 4) is 11.4 Å². The number of carbonyl (C=O) groups is 1. The first-order chi connectivity index (χ1) is 13.7. The number of amides is 1. The summed E-state index contributed by atoms with van der Waals surface area (Å²) in [6.07, 6.45) is 5.46. The summed E-state index contributed by atoms with van der Waals surface area (Å²) in [5, 5.41) is 16.3. The van der Waals surface area contributed by atoms with Gasteiger partial charge >= 0.3 is 0 Å². The highest BCUT2D eigenvalue weighted by Crippen LogP contribution is 2.25. The van der Waals surface area contributed by atoms with E-state index in [1.807, 2.05) is 21.7 Å². The van der Waals surface area contributed by atoms with Crippen LogP contribution in [0.1, 0.15) is 37.7 Å². The summed E-state index contributed by atoms with van der Waals surface area (Å²) in [5.41, 5.74) is 1.82. The lowest BCUT2D eigenvalue weighted by atomic mass is 9.93. The van der Waals surface area contributed by atoms with Gasteiger partial charge in [-0.3, -0.25) is 4.79 Å². The molecule has 2 aromatic heterocycles. The highest BCUT2D eigenvalue weighted by molar-refractivity contribution is 7.08. The highest BCUT2D eigenvalue weighted by Gasteiger charge is 2.26. The molecule has 1 aliphatic carbocycles. The summed E-state index contributed by atoms with van der Waals surface area (Å²) in [5.74, 6) is 0.217. The van der Waals surface area contributed by atoms with Crippen LogP contribution in [0.2, 0.25) is 0 Å². The van der Waals surface area contributed by atoms with Gasteiger partial charge in [0.2, 0.25) is 11.7 Å². The molecule has 0 aliphatic heterocycles. The smallest absolute Gasteiger partial charge is 0.246 e. The van der Waals surface area contributed by atoms with Crippen molar-refractivity contribution in [3.63, 3.8) is 0 Å². The molecule has 28 heavy (non-hydrogen) atoms. The van der Waals surface area contributed by atoms with Gasteiger partial charge in [-0.1, -0.05) is 31.4 Å². The second kappa shape index (κ2) is 8.60. The van der Waals surface area contributed by atoms with Crippen LogP contribution in [-0.4, -0.2) is 37.1 Å². The third kappa shape index (κ3) is 4.44. The average molecular weight is 399 g/mol. The molecule has 0 atom stereocenters. The van der Waals surface area contributed by atoms with Gasteiger partial charge in [-0.05, 0) is 47.2 Å². The highest BCUT2D eigenvalue weighted by atomic mass is 32.1. The Balaban J connectivity index is 1.49. The lowest BCUT2D eigenvalue weighted by molar-refractivity contribution is -0.136. The molecule has 1 aromatic carbocycles. The SMILES string of the molecule is O=C(Cn1nnc(-c2ccsc2)n1)N(Cc1ccc(F)cc1)C1CCCCC1. The molecule has 0 radical (unpaired) electrons. The zero-order valence-electron chi connectivity index (χ0n) is 15.5. The molecule has 2 heterocycles. The summed E-state index contributed by atoms with van der Waals surface area (Å²) >= 11 is 1.56. The van der Waals surface area contributed by atoms with Crippen molar-refractivity contribution >= 4 is 17.2 Å². The maximum Gasteiger partial charge on any atom is 0.246 e. The van der Waals surface area contributed by atoms with Crippen molar-refractivity contribution in [1.82, 2.24) is 25.1 Å². The zero-order valence-corrected chi connectivity index (χ0v) is 16.3. The van der Waals surface area contributed by atoms with Crippen LogP contribution in [0, 0.1) is 5.82 Å². The fraction of sp³-hybridized carbons (Fsp3) is 0.400. The van der Waals surface area contributed by atoms with Crippen molar-refractivity contribution in [1.29, 1.82) is 0 Å². The largest absolute Gasteiger partial charge is 0.334 e. The molecule has 0 bridgehead atoms. The third-order valence-electron chi connectivity index (χ3n) is 5.11. The number of aromatic nitrogens is 4. The van der Waals surface area contributed by atoms with Crippen LogP contribution in [0.5, 0.6) is 0 Å². The first kappa shape index (κ1) is 18.7. The van der Waals surface area contributed by atoms with E-state index >= 15 is 0 Å². The number of carbonyl (C=O) groups excluding carboxylic acids is 1. The number of halogens is 1. The van der Waals surface area contributed by atoms with E-state index in [9.17, 15) is 9.18 Å². The minimum absolute atomic E-state index is 0.0366. The monoisotopic (exact) mass is 399 g/mol. The Hall–Kier alpha value is -2.61. The van der Waals surface area contributed by atoms with Gasteiger partial charge < -0.3 is 4.90 Å². The van der Waals surface area contributed by atoms with E-state index in [2.05, 4.69) is 15.4 Å². The standard InChI is InChI=1S/C20H22FN5OS/c21-17-8-6-15(7-9-17)12-25(18-4-2-1-3-5-18)19(27)13-26-23-20(22-24-26)16-10-11-28-14-16/h6-11,14,18H,1-5,12-13H2. The molecule has 4 rings (SSSR count). The molecular formula is C20H22FN5OS. The van der Waals surface area contributed by atoms with Gasteiger partial charge in [0, 0.05) is 23.5 Å². The number of nitrogens with zero attached hydrogens (tertiary/aromatic N) is 5. The molecule has 1 fully saturated rings. The summed E-state index contributed by atoms with van der Waals surface area (Å²) in [6, 6.07) is 8.47. The van der Waals surface area contributed by atoms with Crippen molar-refractivity contribution in [2.45, 2.75) is 51.2 Å². The van der Waals surface area contributed by atoms with Crippen molar-refractivity contribution in [2.75, 3.05) is 0 Å². The third-order valence-corrected chi connectivity index (χ3v) is 5.79. The van der Waals surface area contributed by atoms with Crippen LogP contribution in [-0.2, 0) is 17.9 Å². The predicted octanol–water partition coefficient (Wildman–Crippen LogP) is 3.90. The Morgan fingerprint density at radius 2 is 1.96 bits per heavy atom. The van der Waals surface area contributed by atoms with E-state index < -0.39 is 0 Å². The second-order valence-electron chi connectivity index (χ2n) is 7.10. The summed E-state index contributed by atoms with van der Waals surface area (Å²) < 4.78 is 13.2. The van der Waals surface area contributed by atoms with Crippen LogP contribution < -0.4 is 0 Å². The molecule has 1 aliphatic rings. The van der Waals surface area contributed by atoms with Gasteiger partial charge in [0.25, 0.3) is 0 Å². The maximum atomic E-state index is 13.2. The normalized spacial score (nSPS) is 14.9. The minimum Gasteiger partial charge on any atom is -0.334 e. The second-order valence-corrected chi connectivity index (χ2v) is 7.88. The Labute approximate surface area is 167 Å². The van der Waals surface area contributed by atoms with Crippen LogP contribution >= 0.6 is 11.3 Å². The number of rotatable bonds is 6. The molecule has 0 spiro atoms. The van der Waals surface area contributed by atoms with Crippen LogP contribution in [0.4, 0.5) is 4.39 Å². The van der Waals surface area contributed by atoms with Gasteiger partial charge in [-0.15, -0.1) is 10.2 Å². The first-order valence-electron chi connectivity index (χ1n) is 9.53. The number of benzene rings is 1. The van der Waals surface area contributed by atoms with Crippen molar-refractivity contribution in [3.05, 3.63) is 52.5 Å². The Morgan fingerprint density at radius 3 is 2.68 bits per heavy atom. The number of hydrogen-bond donors (Lipinski definition) is 0. The van der Waals surface area contributed by atoms with E-state index in [4.69, 9.17) is 0 Å². The maximum absolute atomic E-state index is 13.2. The van der Waals surface area contributed by atoms with Crippen LogP contribution in [0.15, 0.2) is 41.1 Å². The predicted molar refractivity (Wildman–Crippen MR) is 105 cm³/mol. The van der Waals surface area contributed by atoms with Gasteiger partial charge in [0.15, 0.2) is 0 Å². The van der Waals surface area contributed by atoms with Crippen molar-refractivity contribution < 1.29 is 9.18 Å². The molecule has 0 N–H and O–H groups in total. The molecule has 6 nitrogen and oxygen atoms in total. The molecule has 1 saturated carbocycles. The molecule has 146 valence electrons. The van der Waals surface area contributed by atoms with Crippen molar-refractivity contribution in [2.24, 2.45) is 0 Å². The Bertz CT molecular complexity index is 903. The van der Waals surface area contributed by atoms with E-state index in [0.29, 0.717) is 12.4 Å². The molecule has 0 saturated heterocycles. The van der Waals surface area contributed by atoms with Gasteiger partial charge in [-0.2, -0.15) is 16.1 Å². The minimum atomic E-state index is -0.271. The Morgan fingerprint density at radius 1 is 1.18 bits per heavy atom. The molecule has 0 unspecified atom stereocenters. The molecule has 3 aromatic rings. The summed E-state index contributed by atoms with van der Waals surface area (Å²) in [6.45, 7) is 0.519. The first-order valence-corrected chi connectivity index (χ1v) is 10.5. The van der Waals surface area contributed by atoms with Crippen LogP contribution in [0.3, 0.4) is 0 Å².